The number of ether oxygens (including phenoxy) is 2. The molecule has 0 saturated heterocycles. The summed E-state index contributed by atoms with van der Waals surface area (Å²) in [5, 5.41) is 4.50. The predicted molar refractivity (Wildman–Crippen MR) is 107 cm³/mol. The van der Waals surface area contributed by atoms with E-state index in [4.69, 9.17) is 9.47 Å². The maximum absolute atomic E-state index is 13.2. The fourth-order valence-electron chi connectivity index (χ4n) is 2.64. The van der Waals surface area contributed by atoms with Crippen LogP contribution in [0.4, 0.5) is 5.69 Å². The van der Waals surface area contributed by atoms with Crippen LogP contribution in [0.5, 0.6) is 11.6 Å². The van der Waals surface area contributed by atoms with Crippen molar-refractivity contribution in [3.8, 4) is 17.3 Å². The van der Waals surface area contributed by atoms with Gasteiger partial charge in [-0.25, -0.2) is 9.67 Å². The van der Waals surface area contributed by atoms with Crippen LogP contribution in [0, 0.1) is 5.92 Å². The van der Waals surface area contributed by atoms with Gasteiger partial charge in [-0.3, -0.25) is 4.79 Å². The molecule has 2 heterocycles. The van der Waals surface area contributed by atoms with Crippen LogP contribution in [0.3, 0.4) is 0 Å². The maximum atomic E-state index is 13.2. The van der Waals surface area contributed by atoms with Gasteiger partial charge in [-0.2, -0.15) is 5.10 Å². The van der Waals surface area contributed by atoms with Gasteiger partial charge in [0.1, 0.15) is 5.69 Å². The van der Waals surface area contributed by atoms with Crippen LogP contribution >= 0.6 is 0 Å². The summed E-state index contributed by atoms with van der Waals surface area (Å²) in [5.74, 6) is 0.821. The van der Waals surface area contributed by atoms with Crippen LogP contribution in [-0.2, 0) is 0 Å². The number of para-hydroxylation sites is 1. The minimum atomic E-state index is -0.306. The van der Waals surface area contributed by atoms with Crippen LogP contribution < -0.4 is 14.4 Å². The number of carbonyl (C=O) groups is 1. The highest BCUT2D eigenvalue weighted by Gasteiger charge is 2.25. The first-order valence-corrected chi connectivity index (χ1v) is 9.06. The van der Waals surface area contributed by atoms with Gasteiger partial charge >= 0.3 is 0 Å². The fraction of sp³-hybridized carbons (Fsp3) is 0.286. The highest BCUT2D eigenvalue weighted by atomic mass is 16.5. The van der Waals surface area contributed by atoms with Gasteiger partial charge < -0.3 is 14.4 Å². The average molecular weight is 380 g/mol. The second-order valence-electron chi connectivity index (χ2n) is 6.72. The average Bonchev–Trinajstić information content (AvgIpc) is 3.16. The lowest BCUT2D eigenvalue weighted by molar-refractivity contribution is 0.0982. The molecule has 1 aromatic carbocycles. The van der Waals surface area contributed by atoms with Gasteiger partial charge in [-0.1, -0.05) is 32.0 Å². The van der Waals surface area contributed by atoms with Gasteiger partial charge in [0.15, 0.2) is 11.4 Å². The number of aromatic nitrogens is 3. The molecule has 7 heteroatoms. The van der Waals surface area contributed by atoms with Crippen molar-refractivity contribution < 1.29 is 14.3 Å². The number of pyridine rings is 1. The molecular formula is C21H24N4O3. The number of rotatable bonds is 7. The third-order valence-electron chi connectivity index (χ3n) is 4.09. The standard InChI is InChI=1S/C21H24N4O3/c1-15(2)14-28-18-13-25(16-9-6-5-7-10-16)23-19(18)21(26)24(3)17-11-8-12-22-20(17)27-4/h5-13,15H,14H2,1-4H3. The molecule has 0 aliphatic heterocycles. The Balaban J connectivity index is 1.98. The van der Waals surface area contributed by atoms with E-state index in [-0.39, 0.29) is 11.6 Å². The number of methoxy groups -OCH3 is 1. The molecule has 0 atom stereocenters. The highest BCUT2D eigenvalue weighted by molar-refractivity contribution is 6.06. The molecule has 0 N–H and O–H groups in total. The number of anilines is 1. The van der Waals surface area contributed by atoms with E-state index >= 15 is 0 Å². The summed E-state index contributed by atoms with van der Waals surface area (Å²) in [7, 11) is 3.18. The molecule has 28 heavy (non-hydrogen) atoms. The van der Waals surface area contributed by atoms with E-state index in [9.17, 15) is 4.79 Å². The number of amides is 1. The topological polar surface area (TPSA) is 69.5 Å². The zero-order valence-electron chi connectivity index (χ0n) is 16.5. The Morgan fingerprint density at radius 3 is 2.61 bits per heavy atom. The molecule has 0 radical (unpaired) electrons. The lowest BCUT2D eigenvalue weighted by atomic mass is 10.2. The number of benzene rings is 1. The SMILES string of the molecule is COc1ncccc1N(C)C(=O)c1nn(-c2ccccc2)cc1OCC(C)C. The van der Waals surface area contributed by atoms with Crippen LogP contribution in [-0.4, -0.2) is 41.4 Å². The Bertz CT molecular complexity index is 938. The molecule has 0 bridgehead atoms. The van der Waals surface area contributed by atoms with Crippen molar-refractivity contribution in [2.24, 2.45) is 5.92 Å². The number of nitrogens with zero attached hydrogens (tertiary/aromatic N) is 4. The third-order valence-corrected chi connectivity index (χ3v) is 4.09. The third kappa shape index (κ3) is 4.14. The van der Waals surface area contributed by atoms with E-state index in [2.05, 4.69) is 23.9 Å². The van der Waals surface area contributed by atoms with Crippen molar-refractivity contribution >= 4 is 11.6 Å². The summed E-state index contributed by atoms with van der Waals surface area (Å²) in [5.41, 5.74) is 1.63. The van der Waals surface area contributed by atoms with Crippen LogP contribution in [0.15, 0.2) is 54.9 Å². The second kappa shape index (κ2) is 8.56. The summed E-state index contributed by atoms with van der Waals surface area (Å²) in [6, 6.07) is 13.1. The van der Waals surface area contributed by atoms with Crippen LogP contribution in [0.2, 0.25) is 0 Å². The predicted octanol–water partition coefficient (Wildman–Crippen LogP) is 3.59. The van der Waals surface area contributed by atoms with Crippen molar-refractivity contribution in [2.75, 3.05) is 25.7 Å². The maximum Gasteiger partial charge on any atom is 0.282 e. The molecule has 146 valence electrons. The molecule has 3 rings (SSSR count). The molecule has 0 aliphatic carbocycles. The van der Waals surface area contributed by atoms with Gasteiger partial charge in [0.05, 0.1) is 25.6 Å². The summed E-state index contributed by atoms with van der Waals surface area (Å²) in [6.07, 6.45) is 3.35. The second-order valence-corrected chi connectivity index (χ2v) is 6.72. The monoisotopic (exact) mass is 380 g/mol. The van der Waals surface area contributed by atoms with Crippen molar-refractivity contribution in [2.45, 2.75) is 13.8 Å². The van der Waals surface area contributed by atoms with Gasteiger partial charge in [-0.15, -0.1) is 0 Å². The van der Waals surface area contributed by atoms with Gasteiger partial charge in [0, 0.05) is 13.2 Å². The zero-order valence-corrected chi connectivity index (χ0v) is 16.5. The zero-order chi connectivity index (χ0) is 20.1. The van der Waals surface area contributed by atoms with E-state index in [1.54, 1.807) is 36.3 Å². The first-order chi connectivity index (χ1) is 13.5. The Labute approximate surface area is 164 Å². The number of carbonyl (C=O) groups excluding carboxylic acids is 1. The van der Waals surface area contributed by atoms with Crippen molar-refractivity contribution in [1.82, 2.24) is 14.8 Å². The first-order valence-electron chi connectivity index (χ1n) is 9.06. The molecule has 0 spiro atoms. The molecular weight excluding hydrogens is 356 g/mol. The van der Waals surface area contributed by atoms with Crippen molar-refractivity contribution in [1.29, 1.82) is 0 Å². The van der Waals surface area contributed by atoms with E-state index < -0.39 is 0 Å². The summed E-state index contributed by atoms with van der Waals surface area (Å²) in [4.78, 5) is 18.8. The molecule has 0 aliphatic rings. The minimum Gasteiger partial charge on any atom is -0.489 e. The van der Waals surface area contributed by atoms with E-state index in [0.29, 0.717) is 29.8 Å². The van der Waals surface area contributed by atoms with E-state index in [1.165, 1.54) is 12.0 Å². The summed E-state index contributed by atoms with van der Waals surface area (Å²) < 4.78 is 12.8. The molecule has 0 fully saturated rings. The lowest BCUT2D eigenvalue weighted by Gasteiger charge is -2.18. The number of hydrogen-bond donors (Lipinski definition) is 0. The largest absolute Gasteiger partial charge is 0.489 e. The molecule has 7 nitrogen and oxygen atoms in total. The Morgan fingerprint density at radius 1 is 1.18 bits per heavy atom. The highest BCUT2D eigenvalue weighted by Crippen LogP contribution is 2.28. The van der Waals surface area contributed by atoms with Crippen molar-refractivity contribution in [3.05, 3.63) is 60.6 Å². The van der Waals surface area contributed by atoms with Gasteiger partial charge in [-0.05, 0) is 30.2 Å². The van der Waals surface area contributed by atoms with Gasteiger partial charge in [0.25, 0.3) is 5.91 Å². The smallest absolute Gasteiger partial charge is 0.282 e. The van der Waals surface area contributed by atoms with Crippen LogP contribution in [0.1, 0.15) is 24.3 Å². The molecule has 0 unspecified atom stereocenters. The van der Waals surface area contributed by atoms with Gasteiger partial charge in [0.2, 0.25) is 5.88 Å². The normalized spacial score (nSPS) is 10.8. The molecule has 1 amide bonds. The van der Waals surface area contributed by atoms with Crippen LogP contribution in [0.25, 0.3) is 5.69 Å². The quantitative estimate of drug-likeness (QED) is 0.627. The van der Waals surface area contributed by atoms with E-state index in [1.807, 2.05) is 30.3 Å². The first kappa shape index (κ1) is 19.4. The molecule has 3 aromatic rings. The number of hydrogen-bond acceptors (Lipinski definition) is 5. The summed E-state index contributed by atoms with van der Waals surface area (Å²) in [6.45, 7) is 4.59. The lowest BCUT2D eigenvalue weighted by Crippen LogP contribution is -2.28. The van der Waals surface area contributed by atoms with E-state index in [0.717, 1.165) is 5.69 Å². The Morgan fingerprint density at radius 2 is 1.93 bits per heavy atom. The van der Waals surface area contributed by atoms with Crippen molar-refractivity contribution in [3.63, 3.8) is 0 Å². The molecule has 2 aromatic heterocycles. The Kier molecular flexibility index (Phi) is 5.93. The Hall–Kier alpha value is -3.35. The minimum absolute atomic E-state index is 0.234. The molecule has 0 saturated carbocycles. The fourth-order valence-corrected chi connectivity index (χ4v) is 2.64. The summed E-state index contributed by atoms with van der Waals surface area (Å²) >= 11 is 0.